The van der Waals surface area contributed by atoms with Crippen molar-refractivity contribution in [3.8, 4) is 0 Å². The van der Waals surface area contributed by atoms with Crippen LogP contribution in [0.3, 0.4) is 0 Å². The van der Waals surface area contributed by atoms with Crippen LogP contribution in [0.4, 0.5) is 0 Å². The Morgan fingerprint density at radius 2 is 1.95 bits per heavy atom. The van der Waals surface area contributed by atoms with Crippen molar-refractivity contribution in [2.75, 3.05) is 0 Å². The van der Waals surface area contributed by atoms with Crippen LogP contribution >= 0.6 is 0 Å². The van der Waals surface area contributed by atoms with Crippen molar-refractivity contribution in [1.29, 1.82) is 0 Å². The SMILES string of the molecule is C=C[C@@](C)(O)CC[C@@]1(C)[C@H](C)CC[C@]2(C)[C@@H]1CC[C@H]1O[C@]12C. The van der Waals surface area contributed by atoms with E-state index < -0.39 is 5.60 Å². The third kappa shape index (κ3) is 2.13. The maximum atomic E-state index is 10.4. The Hall–Kier alpha value is -0.340. The third-order valence-corrected chi connectivity index (χ3v) is 8.19. The second kappa shape index (κ2) is 4.83. The molecular formula is C20H34O2. The first-order valence-corrected chi connectivity index (χ1v) is 9.13. The van der Waals surface area contributed by atoms with Crippen LogP contribution in [0.25, 0.3) is 0 Å². The molecule has 22 heavy (non-hydrogen) atoms. The van der Waals surface area contributed by atoms with E-state index in [-0.39, 0.29) is 5.60 Å². The van der Waals surface area contributed by atoms with Crippen LogP contribution in [0, 0.1) is 22.7 Å². The molecule has 2 aliphatic carbocycles. The smallest absolute Gasteiger partial charge is 0.0976 e. The molecule has 1 N–H and O–H groups in total. The fourth-order valence-corrected chi connectivity index (χ4v) is 5.80. The zero-order valence-corrected chi connectivity index (χ0v) is 15.1. The molecule has 0 amide bonds. The van der Waals surface area contributed by atoms with Crippen LogP contribution in [-0.4, -0.2) is 22.4 Å². The molecule has 3 fully saturated rings. The van der Waals surface area contributed by atoms with Crippen molar-refractivity contribution in [2.45, 2.75) is 90.4 Å². The summed E-state index contributed by atoms with van der Waals surface area (Å²) >= 11 is 0. The Kier molecular flexibility index (Phi) is 3.63. The Labute approximate surface area is 136 Å². The van der Waals surface area contributed by atoms with Gasteiger partial charge in [0.25, 0.3) is 0 Å². The second-order valence-corrected chi connectivity index (χ2v) is 9.27. The Bertz CT molecular complexity index is 470. The van der Waals surface area contributed by atoms with Crippen LogP contribution in [0.1, 0.15) is 73.1 Å². The number of ether oxygens (including phenoxy) is 1. The Morgan fingerprint density at radius 3 is 2.59 bits per heavy atom. The van der Waals surface area contributed by atoms with Gasteiger partial charge in [0.2, 0.25) is 0 Å². The lowest BCUT2D eigenvalue weighted by molar-refractivity contribution is -0.108. The lowest BCUT2D eigenvalue weighted by Crippen LogP contribution is -2.56. The topological polar surface area (TPSA) is 32.8 Å². The van der Waals surface area contributed by atoms with E-state index in [1.807, 2.05) is 6.92 Å². The molecule has 3 aliphatic rings. The standard InChI is InChI=1S/C20H34O2/c1-7-17(3,21)12-13-18(4)14(2)10-11-19(5)15(18)8-9-16-20(19,6)22-16/h7,14-16,21H,1,8-13H2,2-6H3/t14-,15-,16-,17-,18+,19-,20-/m1/s1. The van der Waals surface area contributed by atoms with Gasteiger partial charge in [0, 0.05) is 5.41 Å². The minimum Gasteiger partial charge on any atom is -0.386 e. The fourth-order valence-electron chi connectivity index (χ4n) is 5.80. The van der Waals surface area contributed by atoms with E-state index in [1.165, 1.54) is 25.7 Å². The monoisotopic (exact) mass is 306 g/mol. The average Bonchev–Trinajstić information content (AvgIpc) is 3.15. The van der Waals surface area contributed by atoms with Crippen LogP contribution in [0.5, 0.6) is 0 Å². The molecule has 2 saturated carbocycles. The van der Waals surface area contributed by atoms with Gasteiger partial charge in [-0.2, -0.15) is 0 Å². The molecule has 0 aromatic rings. The maximum absolute atomic E-state index is 10.4. The largest absolute Gasteiger partial charge is 0.386 e. The molecule has 126 valence electrons. The molecule has 0 radical (unpaired) electrons. The van der Waals surface area contributed by atoms with Crippen molar-refractivity contribution in [2.24, 2.45) is 22.7 Å². The first-order valence-electron chi connectivity index (χ1n) is 9.13. The number of epoxide rings is 1. The zero-order chi connectivity index (χ0) is 16.4. The summed E-state index contributed by atoms with van der Waals surface area (Å²) < 4.78 is 6.17. The lowest BCUT2D eigenvalue weighted by Gasteiger charge is -2.59. The van der Waals surface area contributed by atoms with E-state index in [0.29, 0.717) is 28.8 Å². The van der Waals surface area contributed by atoms with Gasteiger partial charge in [0.15, 0.2) is 0 Å². The van der Waals surface area contributed by atoms with Gasteiger partial charge in [-0.25, -0.2) is 0 Å². The van der Waals surface area contributed by atoms with Gasteiger partial charge in [-0.15, -0.1) is 6.58 Å². The Balaban J connectivity index is 1.86. The third-order valence-electron chi connectivity index (χ3n) is 8.19. The van der Waals surface area contributed by atoms with Crippen molar-refractivity contribution >= 4 is 0 Å². The Morgan fingerprint density at radius 1 is 1.27 bits per heavy atom. The molecule has 3 rings (SSSR count). The van der Waals surface area contributed by atoms with Gasteiger partial charge in [0.05, 0.1) is 17.3 Å². The summed E-state index contributed by atoms with van der Waals surface area (Å²) in [5.74, 6) is 1.42. The average molecular weight is 306 g/mol. The van der Waals surface area contributed by atoms with Gasteiger partial charge in [-0.3, -0.25) is 0 Å². The van der Waals surface area contributed by atoms with Gasteiger partial charge < -0.3 is 9.84 Å². The summed E-state index contributed by atoms with van der Waals surface area (Å²) in [4.78, 5) is 0. The molecule has 2 nitrogen and oxygen atoms in total. The first kappa shape index (κ1) is 16.5. The highest BCUT2D eigenvalue weighted by Crippen LogP contribution is 2.70. The summed E-state index contributed by atoms with van der Waals surface area (Å²) in [6.45, 7) is 15.4. The predicted molar refractivity (Wildman–Crippen MR) is 90.7 cm³/mol. The molecule has 1 aliphatic heterocycles. The summed E-state index contributed by atoms with van der Waals surface area (Å²) in [5.41, 5.74) is -0.0385. The highest BCUT2D eigenvalue weighted by atomic mass is 16.6. The molecular weight excluding hydrogens is 272 g/mol. The van der Waals surface area contributed by atoms with Gasteiger partial charge in [-0.05, 0) is 69.6 Å². The molecule has 1 saturated heterocycles. The van der Waals surface area contributed by atoms with Crippen molar-refractivity contribution in [3.05, 3.63) is 12.7 Å². The van der Waals surface area contributed by atoms with E-state index in [4.69, 9.17) is 4.74 Å². The zero-order valence-electron chi connectivity index (χ0n) is 15.1. The van der Waals surface area contributed by atoms with E-state index in [9.17, 15) is 5.11 Å². The quantitative estimate of drug-likeness (QED) is 0.602. The molecule has 2 heteroatoms. The first-order chi connectivity index (χ1) is 10.1. The summed E-state index contributed by atoms with van der Waals surface area (Å²) in [5, 5.41) is 10.4. The van der Waals surface area contributed by atoms with Gasteiger partial charge >= 0.3 is 0 Å². The van der Waals surface area contributed by atoms with E-state index in [2.05, 4.69) is 34.3 Å². The summed E-state index contributed by atoms with van der Waals surface area (Å²) in [6, 6.07) is 0. The fraction of sp³-hybridized carbons (Fsp3) is 0.900. The number of aliphatic hydroxyl groups is 1. The number of rotatable bonds is 4. The lowest BCUT2D eigenvalue weighted by atomic mass is 9.44. The minimum atomic E-state index is -0.742. The predicted octanol–water partition coefficient (Wildman–Crippen LogP) is 4.71. The molecule has 1 heterocycles. The minimum absolute atomic E-state index is 0.109. The normalized spacial score (nSPS) is 53.1. The van der Waals surface area contributed by atoms with Crippen LogP contribution < -0.4 is 0 Å². The summed E-state index contributed by atoms with van der Waals surface area (Å²) in [7, 11) is 0. The highest BCUT2D eigenvalue weighted by Gasteiger charge is 2.71. The van der Waals surface area contributed by atoms with E-state index in [1.54, 1.807) is 6.08 Å². The molecule has 0 bridgehead atoms. The van der Waals surface area contributed by atoms with Gasteiger partial charge in [0.1, 0.15) is 0 Å². The molecule has 0 aromatic heterocycles. The van der Waals surface area contributed by atoms with E-state index in [0.717, 1.165) is 12.8 Å². The second-order valence-electron chi connectivity index (χ2n) is 9.27. The molecule has 0 spiro atoms. The van der Waals surface area contributed by atoms with Crippen LogP contribution in [0.2, 0.25) is 0 Å². The van der Waals surface area contributed by atoms with Crippen molar-refractivity contribution in [3.63, 3.8) is 0 Å². The molecule has 0 unspecified atom stereocenters. The van der Waals surface area contributed by atoms with Crippen molar-refractivity contribution < 1.29 is 9.84 Å². The summed E-state index contributed by atoms with van der Waals surface area (Å²) in [6.07, 6.45) is 9.17. The number of hydrogen-bond donors (Lipinski definition) is 1. The molecule has 0 aromatic carbocycles. The highest BCUT2D eigenvalue weighted by molar-refractivity contribution is 5.19. The number of hydrogen-bond acceptors (Lipinski definition) is 2. The molecule has 7 atom stereocenters. The van der Waals surface area contributed by atoms with Crippen molar-refractivity contribution in [1.82, 2.24) is 0 Å². The number of fused-ring (bicyclic) bond motifs is 3. The van der Waals surface area contributed by atoms with E-state index >= 15 is 0 Å². The maximum Gasteiger partial charge on any atom is 0.0976 e. The van der Waals surface area contributed by atoms with Crippen LogP contribution in [-0.2, 0) is 4.74 Å². The van der Waals surface area contributed by atoms with Crippen LogP contribution in [0.15, 0.2) is 12.7 Å². The van der Waals surface area contributed by atoms with Gasteiger partial charge in [-0.1, -0.05) is 26.8 Å².